The smallest absolute Gasteiger partial charge is 0.303 e. The first-order valence-electron chi connectivity index (χ1n) is 13.6. The molecule has 11 heteroatoms. The quantitative estimate of drug-likeness (QED) is 0.114. The third-order valence-corrected chi connectivity index (χ3v) is 8.09. The number of nitrogen functional groups attached to an aromatic ring is 1. The second-order valence-corrected chi connectivity index (χ2v) is 11.8. The molecule has 43 heavy (non-hydrogen) atoms. The van der Waals surface area contributed by atoms with Gasteiger partial charge in [-0.1, -0.05) is 92.4 Å². The van der Waals surface area contributed by atoms with Gasteiger partial charge in [0, 0.05) is 30.9 Å². The van der Waals surface area contributed by atoms with Gasteiger partial charge in [0.25, 0.3) is 0 Å². The van der Waals surface area contributed by atoms with E-state index in [0.717, 1.165) is 11.1 Å². The fourth-order valence-corrected chi connectivity index (χ4v) is 5.84. The van der Waals surface area contributed by atoms with Crippen LogP contribution in [0.25, 0.3) is 0 Å². The van der Waals surface area contributed by atoms with Gasteiger partial charge >= 0.3 is 5.97 Å². The SMILES string of the molecule is C.N=C(N)c1ccc(CNC(=O)[C@H](CCC(=O)O)CC(=O)[C@@H](CCc2ccccc2)NS(=O)(=O)Cc2ccccc2)cc1. The van der Waals surface area contributed by atoms with Gasteiger partial charge in [-0.15, -0.1) is 0 Å². The summed E-state index contributed by atoms with van der Waals surface area (Å²) in [4.78, 5) is 38.0. The number of hydrogen-bond acceptors (Lipinski definition) is 6. The summed E-state index contributed by atoms with van der Waals surface area (Å²) >= 11 is 0. The van der Waals surface area contributed by atoms with Crippen LogP contribution in [0.3, 0.4) is 0 Å². The Morgan fingerprint density at radius 3 is 1.98 bits per heavy atom. The van der Waals surface area contributed by atoms with E-state index in [-0.39, 0.29) is 51.2 Å². The second-order valence-electron chi connectivity index (χ2n) is 10.1. The minimum atomic E-state index is -3.91. The van der Waals surface area contributed by atoms with E-state index >= 15 is 0 Å². The summed E-state index contributed by atoms with van der Waals surface area (Å²) in [5.41, 5.74) is 8.23. The molecule has 0 bridgehead atoms. The molecular weight excluding hydrogens is 568 g/mol. The Morgan fingerprint density at radius 2 is 1.42 bits per heavy atom. The van der Waals surface area contributed by atoms with Gasteiger partial charge in [-0.2, -0.15) is 0 Å². The zero-order valence-electron chi connectivity index (χ0n) is 23.2. The predicted octanol–water partition coefficient (Wildman–Crippen LogP) is 3.78. The van der Waals surface area contributed by atoms with E-state index in [9.17, 15) is 27.9 Å². The summed E-state index contributed by atoms with van der Waals surface area (Å²) in [5.74, 6) is -3.46. The van der Waals surface area contributed by atoms with Gasteiger partial charge in [-0.05, 0) is 36.0 Å². The lowest BCUT2D eigenvalue weighted by Crippen LogP contribution is -2.43. The number of amidine groups is 1. The molecular formula is C32H40N4O6S. The molecule has 0 spiro atoms. The number of carbonyl (C=O) groups is 3. The number of benzene rings is 3. The van der Waals surface area contributed by atoms with Crippen molar-refractivity contribution in [1.82, 2.24) is 10.0 Å². The first-order chi connectivity index (χ1) is 20.0. The first kappa shape index (κ1) is 34.8. The number of carbonyl (C=O) groups excluding carboxylic acids is 2. The lowest BCUT2D eigenvalue weighted by atomic mass is 9.91. The molecule has 0 saturated heterocycles. The lowest BCUT2D eigenvalue weighted by Gasteiger charge is -2.21. The van der Waals surface area contributed by atoms with Crippen LogP contribution in [0.1, 0.15) is 55.4 Å². The van der Waals surface area contributed by atoms with Gasteiger partial charge in [0.15, 0.2) is 5.78 Å². The Morgan fingerprint density at radius 1 is 0.837 bits per heavy atom. The maximum absolute atomic E-state index is 13.5. The van der Waals surface area contributed by atoms with Gasteiger partial charge in [-0.25, -0.2) is 13.1 Å². The average molecular weight is 609 g/mol. The highest BCUT2D eigenvalue weighted by molar-refractivity contribution is 7.88. The van der Waals surface area contributed by atoms with E-state index in [0.29, 0.717) is 17.5 Å². The molecule has 3 aromatic carbocycles. The molecule has 6 N–H and O–H groups in total. The van der Waals surface area contributed by atoms with Crippen molar-refractivity contribution in [2.45, 2.75) is 57.9 Å². The molecule has 10 nitrogen and oxygen atoms in total. The third-order valence-electron chi connectivity index (χ3n) is 6.73. The fourth-order valence-electron chi connectivity index (χ4n) is 4.44. The standard InChI is InChI=1S/C31H36N4O6S.CH4/c32-30(33)25-14-11-23(12-15-25)20-34-31(39)26(16-18-29(37)38)19-28(36)27(17-13-22-7-3-1-4-8-22)35-42(40,41)21-24-9-5-2-6-10-24;/h1-12,14-15,26-27,35H,13,16-21H2,(H3,32,33)(H,34,39)(H,37,38);1H4/t26-,27-;/m1./s1. The molecule has 0 heterocycles. The lowest BCUT2D eigenvalue weighted by molar-refractivity contribution is -0.138. The molecule has 2 atom stereocenters. The molecule has 0 fully saturated rings. The number of rotatable bonds is 17. The largest absolute Gasteiger partial charge is 0.481 e. The van der Waals surface area contributed by atoms with E-state index in [1.807, 2.05) is 30.3 Å². The van der Waals surface area contributed by atoms with Crippen LogP contribution in [-0.2, 0) is 43.1 Å². The van der Waals surface area contributed by atoms with Crippen molar-refractivity contribution in [3.8, 4) is 0 Å². The minimum Gasteiger partial charge on any atom is -0.481 e. The number of nitrogens with one attached hydrogen (secondary N) is 3. The van der Waals surface area contributed by atoms with Gasteiger partial charge in [0.1, 0.15) is 5.84 Å². The van der Waals surface area contributed by atoms with Gasteiger partial charge in [0.05, 0.1) is 11.8 Å². The first-order valence-corrected chi connectivity index (χ1v) is 15.2. The van der Waals surface area contributed by atoms with Crippen LogP contribution < -0.4 is 15.8 Å². The molecule has 3 aromatic rings. The summed E-state index contributed by atoms with van der Waals surface area (Å²) in [5, 5.41) is 19.5. The number of carboxylic acid groups (broad SMARTS) is 1. The highest BCUT2D eigenvalue weighted by Crippen LogP contribution is 2.18. The minimum absolute atomic E-state index is 0. The van der Waals surface area contributed by atoms with Crippen LogP contribution >= 0.6 is 0 Å². The molecule has 230 valence electrons. The second kappa shape index (κ2) is 16.9. The topological polar surface area (TPSA) is 180 Å². The van der Waals surface area contributed by atoms with E-state index in [1.54, 1.807) is 54.6 Å². The summed E-state index contributed by atoms with van der Waals surface area (Å²) < 4.78 is 28.6. The number of aryl methyl sites for hydroxylation is 1. The molecule has 3 rings (SSSR count). The van der Waals surface area contributed by atoms with Gasteiger partial charge in [-0.3, -0.25) is 19.8 Å². The zero-order valence-corrected chi connectivity index (χ0v) is 24.0. The maximum atomic E-state index is 13.5. The van der Waals surface area contributed by atoms with E-state index in [1.165, 1.54) is 0 Å². The van der Waals surface area contributed by atoms with Crippen molar-refractivity contribution >= 4 is 33.5 Å². The highest BCUT2D eigenvalue weighted by atomic mass is 32.2. The Labute approximate surface area is 253 Å². The van der Waals surface area contributed by atoms with Gasteiger partial charge < -0.3 is 16.2 Å². The molecule has 0 saturated carbocycles. The third kappa shape index (κ3) is 12.2. The molecule has 0 aromatic heterocycles. The Bertz CT molecular complexity index is 1460. The van der Waals surface area contributed by atoms with Crippen LogP contribution in [0.4, 0.5) is 0 Å². The van der Waals surface area contributed by atoms with Crippen LogP contribution in [0.5, 0.6) is 0 Å². The van der Waals surface area contributed by atoms with Crippen LogP contribution in [0.2, 0.25) is 0 Å². The normalized spacial score (nSPS) is 12.4. The molecule has 1 amide bonds. The molecule has 0 radical (unpaired) electrons. The van der Waals surface area contributed by atoms with Crippen LogP contribution in [0.15, 0.2) is 84.9 Å². The van der Waals surface area contributed by atoms with Crippen molar-refractivity contribution in [3.05, 3.63) is 107 Å². The van der Waals surface area contributed by atoms with Gasteiger partial charge in [0.2, 0.25) is 15.9 Å². The number of amides is 1. The Kier molecular flexibility index (Phi) is 13.7. The summed E-state index contributed by atoms with van der Waals surface area (Å²) in [6.07, 6.45) is -0.138. The number of carboxylic acids is 1. The van der Waals surface area contributed by atoms with Crippen molar-refractivity contribution in [3.63, 3.8) is 0 Å². The summed E-state index contributed by atoms with van der Waals surface area (Å²) in [6.45, 7) is 0.121. The van der Waals surface area contributed by atoms with E-state index in [4.69, 9.17) is 11.1 Å². The van der Waals surface area contributed by atoms with Crippen molar-refractivity contribution in [2.24, 2.45) is 11.7 Å². The average Bonchev–Trinajstić information content (AvgIpc) is 2.96. The monoisotopic (exact) mass is 608 g/mol. The van der Waals surface area contributed by atoms with Crippen LogP contribution in [-0.4, -0.2) is 43.1 Å². The molecule has 0 aliphatic rings. The number of ketones is 1. The number of sulfonamides is 1. The van der Waals surface area contributed by atoms with Crippen molar-refractivity contribution in [2.75, 3.05) is 0 Å². The predicted molar refractivity (Wildman–Crippen MR) is 167 cm³/mol. The van der Waals surface area contributed by atoms with Crippen molar-refractivity contribution in [1.29, 1.82) is 5.41 Å². The fraction of sp³-hybridized carbons (Fsp3) is 0.312. The Hall–Kier alpha value is -4.35. The zero-order chi connectivity index (χ0) is 30.5. The molecule has 0 aliphatic heterocycles. The van der Waals surface area contributed by atoms with E-state index < -0.39 is 39.6 Å². The Balaban J connectivity index is 0.00000645. The highest BCUT2D eigenvalue weighted by Gasteiger charge is 2.29. The maximum Gasteiger partial charge on any atom is 0.303 e. The number of Topliss-reactive ketones (excluding diaryl/α,β-unsaturated/α-hetero) is 1. The number of aliphatic carboxylic acids is 1. The van der Waals surface area contributed by atoms with E-state index in [2.05, 4.69) is 10.0 Å². The number of hydrogen-bond donors (Lipinski definition) is 5. The van der Waals surface area contributed by atoms with Crippen molar-refractivity contribution < 1.29 is 27.9 Å². The molecule has 0 aliphatic carbocycles. The number of nitrogens with two attached hydrogens (primary N) is 1. The molecule has 0 unspecified atom stereocenters. The summed E-state index contributed by atoms with van der Waals surface area (Å²) in [6, 6.07) is 23.5. The summed E-state index contributed by atoms with van der Waals surface area (Å²) in [7, 11) is -3.91. The van der Waals surface area contributed by atoms with Crippen LogP contribution in [0, 0.1) is 11.3 Å².